The van der Waals surface area contributed by atoms with Gasteiger partial charge in [0.15, 0.2) is 5.76 Å². The van der Waals surface area contributed by atoms with Gasteiger partial charge in [0.2, 0.25) is 0 Å². The molecule has 2 N–H and O–H groups in total. The highest BCUT2D eigenvalue weighted by Gasteiger charge is 2.32. The van der Waals surface area contributed by atoms with Gasteiger partial charge in [-0.15, -0.1) is 0 Å². The highest BCUT2D eigenvalue weighted by molar-refractivity contribution is 5.04. The van der Waals surface area contributed by atoms with Crippen LogP contribution in [0.2, 0.25) is 0 Å². The fourth-order valence-electron chi connectivity index (χ4n) is 2.78. The van der Waals surface area contributed by atoms with E-state index in [0.29, 0.717) is 26.1 Å². The van der Waals surface area contributed by atoms with Gasteiger partial charge in [-0.05, 0) is 19.4 Å². The minimum absolute atomic E-state index is 0.174. The van der Waals surface area contributed by atoms with Gasteiger partial charge in [-0.1, -0.05) is 5.16 Å². The summed E-state index contributed by atoms with van der Waals surface area (Å²) in [6.07, 6.45) is 1.51. The van der Waals surface area contributed by atoms with Gasteiger partial charge in [0, 0.05) is 43.6 Å². The minimum Gasteiger partial charge on any atom is -0.360 e. The zero-order valence-corrected chi connectivity index (χ0v) is 12.1. The zero-order valence-electron chi connectivity index (χ0n) is 12.1. The number of alkyl halides is 1. The second-order valence-electron chi connectivity index (χ2n) is 5.56. The fraction of sp³-hybridized carbons (Fsp3) is 0.571. The summed E-state index contributed by atoms with van der Waals surface area (Å²) < 4.78 is 18.9. The molecule has 7 heteroatoms. The molecular formula is C14H20FN5O. The van der Waals surface area contributed by atoms with Gasteiger partial charge in [0.25, 0.3) is 0 Å². The molecule has 0 amide bonds. The van der Waals surface area contributed by atoms with Crippen molar-refractivity contribution in [3.8, 4) is 0 Å². The molecule has 0 saturated carbocycles. The lowest BCUT2D eigenvalue weighted by Gasteiger charge is -2.22. The quantitative estimate of drug-likeness (QED) is 0.842. The maximum atomic E-state index is 13.7. The van der Waals surface area contributed by atoms with Crippen LogP contribution in [0.4, 0.5) is 4.39 Å². The van der Waals surface area contributed by atoms with Gasteiger partial charge in [0.1, 0.15) is 6.17 Å². The molecule has 1 aliphatic rings. The van der Waals surface area contributed by atoms with E-state index in [0.717, 1.165) is 23.7 Å². The number of hydrogen-bond donors (Lipinski definition) is 2. The molecule has 0 aliphatic carbocycles. The molecular weight excluding hydrogens is 273 g/mol. The van der Waals surface area contributed by atoms with Gasteiger partial charge in [-0.3, -0.25) is 10.00 Å². The van der Waals surface area contributed by atoms with E-state index in [1.165, 1.54) is 0 Å². The molecule has 1 fully saturated rings. The van der Waals surface area contributed by atoms with E-state index in [9.17, 15) is 4.39 Å². The molecule has 1 saturated heterocycles. The Balaban J connectivity index is 1.52. The fourth-order valence-corrected chi connectivity index (χ4v) is 2.78. The molecule has 2 atom stereocenters. The first-order valence-corrected chi connectivity index (χ1v) is 7.20. The molecule has 0 bridgehead atoms. The molecule has 0 spiro atoms. The van der Waals surface area contributed by atoms with Crippen LogP contribution in [0.3, 0.4) is 0 Å². The summed E-state index contributed by atoms with van der Waals surface area (Å²) in [5.74, 6) is 0.792. The Hall–Kier alpha value is -1.73. The molecule has 21 heavy (non-hydrogen) atoms. The number of aryl methyl sites for hydroxylation is 1. The monoisotopic (exact) mass is 293 g/mol. The lowest BCUT2D eigenvalue weighted by Crippen LogP contribution is -2.37. The number of aromatic nitrogens is 3. The van der Waals surface area contributed by atoms with Crippen LogP contribution in [0.5, 0.6) is 0 Å². The summed E-state index contributed by atoms with van der Waals surface area (Å²) in [4.78, 5) is 2.12. The molecule has 1 aliphatic heterocycles. The molecule has 114 valence electrons. The highest BCUT2D eigenvalue weighted by atomic mass is 19.1. The Kier molecular flexibility index (Phi) is 4.31. The van der Waals surface area contributed by atoms with Crippen molar-refractivity contribution in [2.24, 2.45) is 0 Å². The Morgan fingerprint density at radius 1 is 1.57 bits per heavy atom. The van der Waals surface area contributed by atoms with E-state index in [4.69, 9.17) is 4.52 Å². The first-order valence-electron chi connectivity index (χ1n) is 7.20. The van der Waals surface area contributed by atoms with Gasteiger partial charge in [0.05, 0.1) is 12.2 Å². The number of likely N-dealkylation sites (tertiary alicyclic amines) is 1. The molecule has 0 aromatic carbocycles. The van der Waals surface area contributed by atoms with Crippen LogP contribution in [0, 0.1) is 6.92 Å². The van der Waals surface area contributed by atoms with Crippen molar-refractivity contribution < 1.29 is 8.91 Å². The molecule has 3 heterocycles. The van der Waals surface area contributed by atoms with Gasteiger partial charge >= 0.3 is 0 Å². The number of nitrogens with zero attached hydrogens (tertiary/aromatic N) is 3. The Bertz CT molecular complexity index is 555. The van der Waals surface area contributed by atoms with Crippen LogP contribution in [0.15, 0.2) is 22.9 Å². The zero-order chi connectivity index (χ0) is 14.7. The predicted octanol–water partition coefficient (Wildman–Crippen LogP) is 1.41. The SMILES string of the molecule is Cc1cc(CN2C[C@@H](F)C[C@H]2CNCc2ccn[nH]2)on1. The van der Waals surface area contributed by atoms with E-state index < -0.39 is 6.17 Å². The standard InChI is InChI=1S/C14H20FN5O/c1-10-4-14(21-19-10)9-20-8-11(15)5-13(20)7-16-6-12-2-3-17-18-12/h2-4,11,13,16H,5-9H2,1H3,(H,17,18)/t11-,13-/m0/s1. The summed E-state index contributed by atoms with van der Waals surface area (Å²) in [6.45, 7) is 4.40. The van der Waals surface area contributed by atoms with E-state index in [2.05, 4.69) is 25.6 Å². The number of H-pyrrole nitrogens is 1. The highest BCUT2D eigenvalue weighted by Crippen LogP contribution is 2.22. The second kappa shape index (κ2) is 6.36. The van der Waals surface area contributed by atoms with E-state index in [-0.39, 0.29) is 6.04 Å². The van der Waals surface area contributed by atoms with Crippen LogP contribution in [0.25, 0.3) is 0 Å². The third-order valence-corrected chi connectivity index (χ3v) is 3.77. The molecule has 0 unspecified atom stereocenters. The number of aromatic amines is 1. The van der Waals surface area contributed by atoms with Crippen molar-refractivity contribution in [3.63, 3.8) is 0 Å². The van der Waals surface area contributed by atoms with E-state index in [1.54, 1.807) is 6.20 Å². The van der Waals surface area contributed by atoms with E-state index in [1.807, 2.05) is 19.1 Å². The Morgan fingerprint density at radius 3 is 3.19 bits per heavy atom. The molecule has 6 nitrogen and oxygen atoms in total. The lowest BCUT2D eigenvalue weighted by molar-refractivity contribution is 0.204. The summed E-state index contributed by atoms with van der Waals surface area (Å²) in [5, 5.41) is 14.0. The summed E-state index contributed by atoms with van der Waals surface area (Å²) in [5.41, 5.74) is 1.89. The Labute approximate surface area is 122 Å². The molecule has 2 aromatic heterocycles. The van der Waals surface area contributed by atoms with Crippen LogP contribution >= 0.6 is 0 Å². The van der Waals surface area contributed by atoms with Crippen molar-refractivity contribution >= 4 is 0 Å². The normalized spacial score (nSPS) is 23.0. The predicted molar refractivity (Wildman–Crippen MR) is 75.2 cm³/mol. The van der Waals surface area contributed by atoms with Gasteiger partial charge < -0.3 is 9.84 Å². The summed E-state index contributed by atoms with van der Waals surface area (Å²) in [7, 11) is 0. The molecule has 3 rings (SSSR count). The first-order chi connectivity index (χ1) is 10.2. The molecule has 0 radical (unpaired) electrons. The average molecular weight is 293 g/mol. The molecule has 2 aromatic rings. The van der Waals surface area contributed by atoms with Crippen LogP contribution < -0.4 is 5.32 Å². The lowest BCUT2D eigenvalue weighted by atomic mass is 10.2. The smallest absolute Gasteiger partial charge is 0.150 e. The largest absolute Gasteiger partial charge is 0.360 e. The first kappa shape index (κ1) is 14.2. The van der Waals surface area contributed by atoms with Crippen LogP contribution in [-0.4, -0.2) is 45.6 Å². The van der Waals surface area contributed by atoms with Gasteiger partial charge in [-0.2, -0.15) is 5.10 Å². The van der Waals surface area contributed by atoms with Crippen LogP contribution in [0.1, 0.15) is 23.6 Å². The third-order valence-electron chi connectivity index (χ3n) is 3.77. The number of nitrogens with one attached hydrogen (secondary N) is 2. The average Bonchev–Trinajstić information content (AvgIpc) is 3.14. The van der Waals surface area contributed by atoms with Crippen molar-refractivity contribution in [2.75, 3.05) is 13.1 Å². The Morgan fingerprint density at radius 2 is 2.48 bits per heavy atom. The van der Waals surface area contributed by atoms with Crippen LogP contribution in [-0.2, 0) is 13.1 Å². The number of rotatable bonds is 6. The van der Waals surface area contributed by atoms with Crippen molar-refractivity contribution in [1.29, 1.82) is 0 Å². The topological polar surface area (TPSA) is 70.0 Å². The number of hydrogen-bond acceptors (Lipinski definition) is 5. The number of halogens is 1. The van der Waals surface area contributed by atoms with Crippen molar-refractivity contribution in [2.45, 2.75) is 38.6 Å². The summed E-state index contributed by atoms with van der Waals surface area (Å²) in [6, 6.07) is 4.00. The van der Waals surface area contributed by atoms with E-state index >= 15 is 0 Å². The van der Waals surface area contributed by atoms with Crippen molar-refractivity contribution in [1.82, 2.24) is 25.6 Å². The summed E-state index contributed by atoms with van der Waals surface area (Å²) >= 11 is 0. The maximum absolute atomic E-state index is 13.7. The van der Waals surface area contributed by atoms with Gasteiger partial charge in [-0.25, -0.2) is 4.39 Å². The minimum atomic E-state index is -0.770. The maximum Gasteiger partial charge on any atom is 0.150 e. The van der Waals surface area contributed by atoms with Crippen molar-refractivity contribution in [3.05, 3.63) is 35.5 Å². The third kappa shape index (κ3) is 3.68. The second-order valence-corrected chi connectivity index (χ2v) is 5.56.